The standard InChI is InChI=1S/C24H25N5O/c1-17-9-19(15-28(17)24(30)10-18-5-3-2-4-6-18)16-29-23-8-7-20(11-21(23)14-27-29)22-12-25-26-13-22/h2-8,11-14,17,19H,9-10,15-16H2,1H3,(H,25,26)/t17-,19?/m1/s1. The first-order chi connectivity index (χ1) is 14.7. The lowest BCUT2D eigenvalue weighted by atomic mass is 10.1. The Kier molecular flexibility index (Phi) is 4.83. The summed E-state index contributed by atoms with van der Waals surface area (Å²) in [7, 11) is 0. The number of H-pyrrole nitrogens is 1. The normalized spacial score (nSPS) is 18.9. The van der Waals surface area contributed by atoms with E-state index < -0.39 is 0 Å². The second-order valence-corrected chi connectivity index (χ2v) is 8.25. The number of aromatic nitrogens is 4. The largest absolute Gasteiger partial charge is 0.339 e. The molecule has 6 heteroatoms. The number of hydrogen-bond donors (Lipinski definition) is 1. The first-order valence-corrected chi connectivity index (χ1v) is 10.5. The third kappa shape index (κ3) is 3.61. The molecular weight excluding hydrogens is 374 g/mol. The summed E-state index contributed by atoms with van der Waals surface area (Å²) in [5, 5.41) is 12.6. The summed E-state index contributed by atoms with van der Waals surface area (Å²) < 4.78 is 2.08. The zero-order chi connectivity index (χ0) is 20.5. The van der Waals surface area contributed by atoms with E-state index in [0.717, 1.165) is 47.1 Å². The van der Waals surface area contributed by atoms with Gasteiger partial charge in [-0.05, 0) is 42.5 Å². The molecule has 1 N–H and O–H groups in total. The molecule has 0 saturated carbocycles. The molecular formula is C24H25N5O. The van der Waals surface area contributed by atoms with Crippen molar-refractivity contribution in [3.05, 3.63) is 72.7 Å². The van der Waals surface area contributed by atoms with Crippen LogP contribution in [0.1, 0.15) is 18.9 Å². The van der Waals surface area contributed by atoms with Crippen LogP contribution in [-0.4, -0.2) is 43.4 Å². The van der Waals surface area contributed by atoms with Crippen LogP contribution >= 0.6 is 0 Å². The number of carbonyl (C=O) groups excluding carboxylic acids is 1. The number of nitrogens with one attached hydrogen (secondary N) is 1. The van der Waals surface area contributed by atoms with Crippen molar-refractivity contribution in [2.24, 2.45) is 5.92 Å². The van der Waals surface area contributed by atoms with Gasteiger partial charge in [-0.3, -0.25) is 14.6 Å². The predicted octanol–water partition coefficient (Wildman–Crippen LogP) is 3.91. The summed E-state index contributed by atoms with van der Waals surface area (Å²) in [5.41, 5.74) is 4.40. The Balaban J connectivity index is 1.28. The molecule has 0 radical (unpaired) electrons. The second kappa shape index (κ2) is 7.78. The number of nitrogens with zero attached hydrogens (tertiary/aromatic N) is 4. The average molecular weight is 399 g/mol. The van der Waals surface area contributed by atoms with Gasteiger partial charge >= 0.3 is 0 Å². The van der Waals surface area contributed by atoms with Crippen LogP contribution in [0.15, 0.2) is 67.1 Å². The fraction of sp³-hybridized carbons (Fsp3) is 0.292. The van der Waals surface area contributed by atoms with Gasteiger partial charge in [-0.15, -0.1) is 0 Å². The van der Waals surface area contributed by atoms with E-state index in [2.05, 4.69) is 45.1 Å². The molecule has 1 saturated heterocycles. The monoisotopic (exact) mass is 399 g/mol. The molecule has 1 unspecified atom stereocenters. The van der Waals surface area contributed by atoms with E-state index >= 15 is 0 Å². The van der Waals surface area contributed by atoms with E-state index in [-0.39, 0.29) is 11.9 Å². The first-order valence-electron chi connectivity index (χ1n) is 10.5. The van der Waals surface area contributed by atoms with E-state index in [1.165, 1.54) is 0 Å². The topological polar surface area (TPSA) is 66.8 Å². The minimum absolute atomic E-state index is 0.214. The minimum Gasteiger partial charge on any atom is -0.339 e. The van der Waals surface area contributed by atoms with Gasteiger partial charge in [0, 0.05) is 36.3 Å². The van der Waals surface area contributed by atoms with Crippen LogP contribution in [0.5, 0.6) is 0 Å². The van der Waals surface area contributed by atoms with E-state index in [0.29, 0.717) is 12.3 Å². The van der Waals surface area contributed by atoms with Crippen molar-refractivity contribution in [1.82, 2.24) is 24.9 Å². The number of carbonyl (C=O) groups is 1. The lowest BCUT2D eigenvalue weighted by Gasteiger charge is -2.21. The van der Waals surface area contributed by atoms with Gasteiger partial charge in [0.2, 0.25) is 5.91 Å². The smallest absolute Gasteiger partial charge is 0.227 e. The van der Waals surface area contributed by atoms with Gasteiger partial charge in [0.15, 0.2) is 0 Å². The van der Waals surface area contributed by atoms with Crippen molar-refractivity contribution in [1.29, 1.82) is 0 Å². The lowest BCUT2D eigenvalue weighted by molar-refractivity contribution is -0.131. The molecule has 0 aliphatic carbocycles. The molecule has 1 amide bonds. The van der Waals surface area contributed by atoms with Crippen molar-refractivity contribution >= 4 is 16.8 Å². The van der Waals surface area contributed by atoms with Crippen LogP contribution < -0.4 is 0 Å². The van der Waals surface area contributed by atoms with Crippen molar-refractivity contribution in [2.45, 2.75) is 32.4 Å². The van der Waals surface area contributed by atoms with Crippen LogP contribution in [-0.2, 0) is 17.8 Å². The number of hydrogen-bond acceptors (Lipinski definition) is 3. The minimum atomic E-state index is 0.214. The van der Waals surface area contributed by atoms with Crippen LogP contribution in [0, 0.1) is 5.92 Å². The number of fused-ring (bicyclic) bond motifs is 1. The van der Waals surface area contributed by atoms with E-state index in [4.69, 9.17) is 0 Å². The van der Waals surface area contributed by atoms with Gasteiger partial charge in [0.25, 0.3) is 0 Å². The van der Waals surface area contributed by atoms with E-state index in [1.54, 1.807) is 0 Å². The molecule has 0 spiro atoms. The highest BCUT2D eigenvalue weighted by Gasteiger charge is 2.32. The molecule has 3 heterocycles. The highest BCUT2D eigenvalue weighted by Crippen LogP contribution is 2.28. The molecule has 2 atom stereocenters. The summed E-state index contributed by atoms with van der Waals surface area (Å²) >= 11 is 0. The Morgan fingerprint density at radius 3 is 2.80 bits per heavy atom. The Hall–Kier alpha value is -3.41. The molecule has 2 aromatic heterocycles. The maximum absolute atomic E-state index is 12.8. The van der Waals surface area contributed by atoms with Crippen molar-refractivity contribution in [3.8, 4) is 11.1 Å². The number of amides is 1. The SMILES string of the molecule is C[C@@H]1CC(Cn2ncc3cc(-c4cn[nH]c4)ccc32)CN1C(=O)Cc1ccccc1. The zero-order valence-corrected chi connectivity index (χ0v) is 17.0. The Labute approximate surface area is 175 Å². The molecule has 1 fully saturated rings. The quantitative estimate of drug-likeness (QED) is 0.553. The third-order valence-electron chi connectivity index (χ3n) is 6.08. The molecule has 4 aromatic rings. The molecule has 2 aromatic carbocycles. The highest BCUT2D eigenvalue weighted by atomic mass is 16.2. The second-order valence-electron chi connectivity index (χ2n) is 8.25. The van der Waals surface area contributed by atoms with Crippen LogP contribution in [0.25, 0.3) is 22.0 Å². The maximum atomic E-state index is 12.8. The lowest BCUT2D eigenvalue weighted by Crippen LogP contribution is -2.35. The Bertz CT molecular complexity index is 1150. The van der Waals surface area contributed by atoms with Crippen LogP contribution in [0.4, 0.5) is 0 Å². The van der Waals surface area contributed by atoms with Gasteiger partial charge in [0.05, 0.1) is 24.3 Å². The number of rotatable bonds is 5. The van der Waals surface area contributed by atoms with Gasteiger partial charge in [0.1, 0.15) is 0 Å². The van der Waals surface area contributed by atoms with Gasteiger partial charge in [-0.2, -0.15) is 10.2 Å². The Morgan fingerprint density at radius 1 is 1.13 bits per heavy atom. The van der Waals surface area contributed by atoms with Crippen molar-refractivity contribution in [3.63, 3.8) is 0 Å². The zero-order valence-electron chi connectivity index (χ0n) is 17.0. The molecule has 5 rings (SSSR count). The number of benzene rings is 2. The number of aromatic amines is 1. The molecule has 1 aliphatic rings. The molecule has 152 valence electrons. The fourth-order valence-corrected chi connectivity index (χ4v) is 4.56. The molecule has 30 heavy (non-hydrogen) atoms. The van der Waals surface area contributed by atoms with Gasteiger partial charge in [-0.1, -0.05) is 36.4 Å². The molecule has 1 aliphatic heterocycles. The van der Waals surface area contributed by atoms with Crippen LogP contribution in [0.2, 0.25) is 0 Å². The summed E-state index contributed by atoms with van der Waals surface area (Å²) in [6.45, 7) is 3.77. The third-order valence-corrected chi connectivity index (χ3v) is 6.08. The molecule has 0 bridgehead atoms. The first kappa shape index (κ1) is 18.6. The summed E-state index contributed by atoms with van der Waals surface area (Å²) in [6, 6.07) is 16.6. The molecule has 6 nitrogen and oxygen atoms in total. The Morgan fingerprint density at radius 2 is 2.00 bits per heavy atom. The summed E-state index contributed by atoms with van der Waals surface area (Å²) in [6.07, 6.45) is 7.13. The maximum Gasteiger partial charge on any atom is 0.227 e. The fourth-order valence-electron chi connectivity index (χ4n) is 4.56. The average Bonchev–Trinajstić information content (AvgIpc) is 3.49. The van der Waals surface area contributed by atoms with Crippen molar-refractivity contribution < 1.29 is 4.79 Å². The van der Waals surface area contributed by atoms with Crippen molar-refractivity contribution in [2.75, 3.05) is 6.54 Å². The highest BCUT2D eigenvalue weighted by molar-refractivity contribution is 5.84. The number of likely N-dealkylation sites (tertiary alicyclic amines) is 1. The van der Waals surface area contributed by atoms with Gasteiger partial charge < -0.3 is 4.90 Å². The van der Waals surface area contributed by atoms with Crippen LogP contribution in [0.3, 0.4) is 0 Å². The predicted molar refractivity (Wildman–Crippen MR) is 117 cm³/mol. The van der Waals surface area contributed by atoms with E-state index in [1.807, 2.05) is 53.8 Å². The summed E-state index contributed by atoms with van der Waals surface area (Å²) in [4.78, 5) is 14.9. The summed E-state index contributed by atoms with van der Waals surface area (Å²) in [5.74, 6) is 0.627. The van der Waals surface area contributed by atoms with Gasteiger partial charge in [-0.25, -0.2) is 0 Å². The van der Waals surface area contributed by atoms with E-state index in [9.17, 15) is 4.79 Å².